The number of benzene rings is 2. The molecule has 1 aliphatic rings. The number of pyridine rings is 1. The molecule has 6 rings (SSSR count). The number of carbonyl (C=O) groups is 1. The van der Waals surface area contributed by atoms with E-state index in [-0.39, 0.29) is 18.1 Å². The van der Waals surface area contributed by atoms with E-state index in [1.165, 1.54) is 6.33 Å². The molecule has 36 heavy (non-hydrogen) atoms. The number of para-hydroxylation sites is 1. The molecular weight excluding hydrogens is 454 g/mol. The van der Waals surface area contributed by atoms with E-state index in [2.05, 4.69) is 30.7 Å². The number of aromatic nitrogens is 5. The summed E-state index contributed by atoms with van der Waals surface area (Å²) < 4.78 is 8.44. The lowest BCUT2D eigenvalue weighted by molar-refractivity contribution is 0.0945. The molecular formula is C27H25N7O2. The number of nitrogens with one attached hydrogen (secondary N) is 2. The van der Waals surface area contributed by atoms with Crippen LogP contribution in [-0.4, -0.2) is 43.1 Å². The molecule has 9 heteroatoms. The van der Waals surface area contributed by atoms with Gasteiger partial charge in [-0.05, 0) is 43.1 Å². The molecule has 2 N–H and O–H groups in total. The molecule has 1 saturated heterocycles. The first-order valence-electron chi connectivity index (χ1n) is 12.0. The van der Waals surface area contributed by atoms with Crippen LogP contribution >= 0.6 is 0 Å². The van der Waals surface area contributed by atoms with Crippen LogP contribution in [0.5, 0.6) is 5.75 Å². The molecule has 5 aromatic rings. The summed E-state index contributed by atoms with van der Waals surface area (Å²) in [6, 6.07) is 21.2. The number of carbonyl (C=O) groups excluding carboxylic acids is 1. The maximum absolute atomic E-state index is 13.1. The van der Waals surface area contributed by atoms with Crippen LogP contribution in [0.15, 0.2) is 79.3 Å². The molecule has 1 fully saturated rings. The van der Waals surface area contributed by atoms with Crippen molar-refractivity contribution in [2.45, 2.75) is 31.5 Å². The van der Waals surface area contributed by atoms with Gasteiger partial charge in [0.25, 0.3) is 11.7 Å². The van der Waals surface area contributed by atoms with Crippen molar-refractivity contribution in [3.63, 3.8) is 0 Å². The quantitative estimate of drug-likeness (QED) is 0.368. The van der Waals surface area contributed by atoms with Crippen molar-refractivity contribution in [2.75, 3.05) is 6.54 Å². The number of fused-ring (bicyclic) bond motifs is 2. The molecule has 0 bridgehead atoms. The minimum atomic E-state index is -0.370. The van der Waals surface area contributed by atoms with Crippen LogP contribution in [0, 0.1) is 0 Å². The normalized spacial score (nSPS) is 16.3. The monoisotopic (exact) mass is 479 g/mol. The molecule has 1 unspecified atom stereocenters. The highest BCUT2D eigenvalue weighted by atomic mass is 16.5. The second kappa shape index (κ2) is 9.71. The van der Waals surface area contributed by atoms with Crippen molar-refractivity contribution in [1.29, 1.82) is 0 Å². The third-order valence-corrected chi connectivity index (χ3v) is 6.43. The van der Waals surface area contributed by atoms with Crippen molar-refractivity contribution >= 4 is 22.6 Å². The second-order valence-electron chi connectivity index (χ2n) is 8.77. The van der Waals surface area contributed by atoms with Crippen molar-refractivity contribution < 1.29 is 9.53 Å². The summed E-state index contributed by atoms with van der Waals surface area (Å²) in [5.41, 5.74) is 2.86. The summed E-state index contributed by atoms with van der Waals surface area (Å²) >= 11 is 0. The van der Waals surface area contributed by atoms with Crippen LogP contribution in [0.25, 0.3) is 16.7 Å². The van der Waals surface area contributed by atoms with Gasteiger partial charge in [-0.1, -0.05) is 42.5 Å². The highest BCUT2D eigenvalue weighted by Gasteiger charge is 2.31. The number of rotatable bonds is 7. The third-order valence-electron chi connectivity index (χ3n) is 6.43. The molecule has 2 aromatic carbocycles. The van der Waals surface area contributed by atoms with Crippen molar-refractivity contribution in [2.24, 2.45) is 0 Å². The van der Waals surface area contributed by atoms with Crippen LogP contribution in [0.1, 0.15) is 40.7 Å². The van der Waals surface area contributed by atoms with E-state index in [9.17, 15) is 4.79 Å². The number of ether oxygens (including phenoxy) is 1. The average Bonchev–Trinajstić information content (AvgIpc) is 3.63. The molecule has 4 heterocycles. The Hall–Kier alpha value is -4.37. The molecule has 2 atom stereocenters. The Bertz CT molecular complexity index is 1510. The van der Waals surface area contributed by atoms with Gasteiger partial charge in [-0.2, -0.15) is 14.6 Å². The molecule has 0 aliphatic carbocycles. The highest BCUT2D eigenvalue weighted by molar-refractivity contribution is 5.97. The molecule has 9 nitrogen and oxygen atoms in total. The van der Waals surface area contributed by atoms with Crippen LogP contribution in [0.4, 0.5) is 0 Å². The Morgan fingerprint density at radius 1 is 1.11 bits per heavy atom. The van der Waals surface area contributed by atoms with Gasteiger partial charge in [0.2, 0.25) is 0 Å². The zero-order valence-corrected chi connectivity index (χ0v) is 19.5. The zero-order valence-electron chi connectivity index (χ0n) is 19.5. The number of nitrogens with zero attached hydrogens (tertiary/aromatic N) is 5. The third kappa shape index (κ3) is 4.36. The van der Waals surface area contributed by atoms with Crippen molar-refractivity contribution in [3.05, 3.63) is 96.2 Å². The van der Waals surface area contributed by atoms with Gasteiger partial charge in [-0.25, -0.2) is 9.97 Å². The Labute approximate surface area is 207 Å². The van der Waals surface area contributed by atoms with E-state index >= 15 is 0 Å². The van der Waals surface area contributed by atoms with Crippen molar-refractivity contribution in [3.8, 4) is 5.75 Å². The van der Waals surface area contributed by atoms with E-state index in [0.29, 0.717) is 29.3 Å². The van der Waals surface area contributed by atoms with E-state index < -0.39 is 0 Å². The predicted octanol–water partition coefficient (Wildman–Crippen LogP) is 3.47. The van der Waals surface area contributed by atoms with Crippen LogP contribution in [0.2, 0.25) is 0 Å². The summed E-state index contributed by atoms with van der Waals surface area (Å²) in [4.78, 5) is 26.2. The topological polar surface area (TPSA) is 106 Å². The Morgan fingerprint density at radius 3 is 2.83 bits per heavy atom. The summed E-state index contributed by atoms with van der Waals surface area (Å²) in [6.45, 7) is 1.33. The Balaban J connectivity index is 1.37. The predicted molar refractivity (Wildman–Crippen MR) is 135 cm³/mol. The number of amides is 1. The summed E-state index contributed by atoms with van der Waals surface area (Å²) in [6.07, 6.45) is 4.85. The second-order valence-corrected chi connectivity index (χ2v) is 8.77. The lowest BCUT2D eigenvalue weighted by atomic mass is 10.1. The minimum absolute atomic E-state index is 0.0714. The highest BCUT2D eigenvalue weighted by Crippen LogP contribution is 2.33. The average molecular weight is 480 g/mol. The maximum Gasteiger partial charge on any atom is 0.270 e. The molecule has 180 valence electrons. The van der Waals surface area contributed by atoms with Crippen LogP contribution < -0.4 is 15.4 Å². The smallest absolute Gasteiger partial charge is 0.270 e. The number of hydrogen-bond donors (Lipinski definition) is 2. The van der Waals surface area contributed by atoms with Gasteiger partial charge >= 0.3 is 0 Å². The maximum atomic E-state index is 13.1. The van der Waals surface area contributed by atoms with Gasteiger partial charge in [0.1, 0.15) is 17.8 Å². The van der Waals surface area contributed by atoms with Gasteiger partial charge in [-0.3, -0.25) is 4.79 Å². The number of hydrogen-bond acceptors (Lipinski definition) is 7. The van der Waals surface area contributed by atoms with Crippen molar-refractivity contribution in [1.82, 2.24) is 35.2 Å². The minimum Gasteiger partial charge on any atom is -0.482 e. The van der Waals surface area contributed by atoms with Crippen LogP contribution in [-0.2, 0) is 6.54 Å². The molecule has 3 aromatic heterocycles. The van der Waals surface area contributed by atoms with Gasteiger partial charge in [0.15, 0.2) is 6.10 Å². The summed E-state index contributed by atoms with van der Waals surface area (Å²) in [5.74, 6) is 0.849. The lowest BCUT2D eigenvalue weighted by Crippen LogP contribution is -2.34. The van der Waals surface area contributed by atoms with E-state index in [4.69, 9.17) is 4.74 Å². The summed E-state index contributed by atoms with van der Waals surface area (Å²) in [5, 5.41) is 11.7. The van der Waals surface area contributed by atoms with Gasteiger partial charge in [0, 0.05) is 30.2 Å². The first kappa shape index (κ1) is 22.1. The standard InChI is InChI=1S/C27H25N7O2/c35-26(30-16-18-7-2-1-3-8-18)22-15-24(19-9-4-5-10-20(19)33-22)36-25(21-11-6-13-28-21)23-12-14-29-27-31-17-32-34(23)27/h1-5,7-10,12,14-15,17,21,25,28H,6,11,13,16H2,(H,30,35)/t21?,25-/m1/s1. The Kier molecular flexibility index (Phi) is 5.96. The fourth-order valence-electron chi connectivity index (χ4n) is 4.65. The van der Waals surface area contributed by atoms with E-state index in [1.807, 2.05) is 60.7 Å². The zero-order chi connectivity index (χ0) is 24.3. The molecule has 1 aliphatic heterocycles. The van der Waals surface area contributed by atoms with E-state index in [0.717, 1.165) is 36.0 Å². The lowest BCUT2D eigenvalue weighted by Gasteiger charge is -2.26. The SMILES string of the molecule is O=C(NCc1ccccc1)c1cc(O[C@@H](c2ccnc3ncnn23)C2CCCN2)c2ccccc2n1. The van der Waals surface area contributed by atoms with Gasteiger partial charge < -0.3 is 15.4 Å². The molecule has 0 spiro atoms. The first-order chi connectivity index (χ1) is 17.8. The first-order valence-corrected chi connectivity index (χ1v) is 12.0. The van der Waals surface area contributed by atoms with E-state index in [1.54, 1.807) is 16.8 Å². The largest absolute Gasteiger partial charge is 0.482 e. The fraction of sp³-hybridized carbons (Fsp3) is 0.222. The van der Waals surface area contributed by atoms with Gasteiger partial charge in [-0.15, -0.1) is 0 Å². The molecule has 1 amide bonds. The molecule has 0 saturated carbocycles. The Morgan fingerprint density at radius 2 is 1.97 bits per heavy atom. The fourth-order valence-corrected chi connectivity index (χ4v) is 4.65. The molecule has 0 radical (unpaired) electrons. The summed E-state index contributed by atoms with van der Waals surface area (Å²) in [7, 11) is 0. The van der Waals surface area contributed by atoms with Gasteiger partial charge in [0.05, 0.1) is 11.2 Å². The van der Waals surface area contributed by atoms with Crippen LogP contribution in [0.3, 0.4) is 0 Å².